The molecule has 0 saturated carbocycles. The van der Waals surface area contributed by atoms with Crippen LogP contribution in [0.5, 0.6) is 0 Å². The number of anilines is 1. The first-order valence-corrected chi connectivity index (χ1v) is 5.86. The summed E-state index contributed by atoms with van der Waals surface area (Å²) in [5, 5.41) is 0. The van der Waals surface area contributed by atoms with Crippen LogP contribution in [-0.4, -0.2) is 12.1 Å². The predicted octanol–water partition coefficient (Wildman–Crippen LogP) is 2.86. The molecule has 2 N–H and O–H groups in total. The third-order valence-corrected chi connectivity index (χ3v) is 3.64. The van der Waals surface area contributed by atoms with Crippen molar-refractivity contribution in [2.24, 2.45) is 5.73 Å². The van der Waals surface area contributed by atoms with E-state index in [0.29, 0.717) is 12.0 Å². The molecule has 0 amide bonds. The molecule has 0 bridgehead atoms. The molecule has 3 unspecified atom stereocenters. The minimum absolute atomic E-state index is 0.134. The maximum absolute atomic E-state index is 6.00. The van der Waals surface area contributed by atoms with E-state index in [1.165, 1.54) is 11.3 Å². The Bertz CT molecular complexity index is 409. The molecule has 2 nitrogen and oxygen atoms in total. The molecule has 0 fully saturated rings. The van der Waals surface area contributed by atoms with Crippen molar-refractivity contribution in [1.82, 2.24) is 0 Å². The van der Waals surface area contributed by atoms with Gasteiger partial charge in [-0.25, -0.2) is 0 Å². The van der Waals surface area contributed by atoms with E-state index in [0.717, 1.165) is 5.70 Å². The average Bonchev–Trinajstić information content (AvgIpc) is 2.52. The van der Waals surface area contributed by atoms with Crippen LogP contribution in [0.15, 0.2) is 36.5 Å². The minimum atomic E-state index is 0.134. The summed E-state index contributed by atoms with van der Waals surface area (Å²) >= 11 is 0. The zero-order valence-electron chi connectivity index (χ0n) is 10.3. The van der Waals surface area contributed by atoms with E-state index in [1.807, 2.05) is 6.92 Å². The number of rotatable bonds is 2. The van der Waals surface area contributed by atoms with Gasteiger partial charge in [0, 0.05) is 29.4 Å². The summed E-state index contributed by atoms with van der Waals surface area (Å²) in [4.78, 5) is 2.28. The first-order valence-electron chi connectivity index (χ1n) is 5.86. The van der Waals surface area contributed by atoms with Crippen LogP contribution in [0, 0.1) is 0 Å². The summed E-state index contributed by atoms with van der Waals surface area (Å²) in [5.74, 6) is 0.400. The molecule has 0 aromatic heterocycles. The highest BCUT2D eigenvalue weighted by Gasteiger charge is 2.32. The van der Waals surface area contributed by atoms with Crippen molar-refractivity contribution >= 4 is 5.69 Å². The molecule has 86 valence electrons. The second-order valence-electron chi connectivity index (χ2n) is 4.74. The Morgan fingerprint density at radius 3 is 2.56 bits per heavy atom. The molecule has 2 heteroatoms. The summed E-state index contributed by atoms with van der Waals surface area (Å²) < 4.78 is 0. The van der Waals surface area contributed by atoms with Crippen LogP contribution in [-0.2, 0) is 0 Å². The molecule has 1 aliphatic rings. The fourth-order valence-electron chi connectivity index (χ4n) is 2.33. The molecular formula is C14H20N2. The minimum Gasteiger partial charge on any atom is -0.341 e. The number of benzene rings is 1. The fourth-order valence-corrected chi connectivity index (χ4v) is 2.33. The standard InChI is InChI=1S/C14H20N2/c1-9-11(3)16(12(4)10(2)15)14-8-6-5-7-13(9)14/h5-10,12H,3,15H2,1-2,4H3. The molecule has 0 spiro atoms. The van der Waals surface area contributed by atoms with Crippen LogP contribution >= 0.6 is 0 Å². The van der Waals surface area contributed by atoms with Crippen molar-refractivity contribution < 1.29 is 0 Å². The number of nitrogens with two attached hydrogens (primary N) is 1. The zero-order valence-corrected chi connectivity index (χ0v) is 10.3. The smallest absolute Gasteiger partial charge is 0.0459 e. The van der Waals surface area contributed by atoms with Gasteiger partial charge in [0.1, 0.15) is 0 Å². The van der Waals surface area contributed by atoms with Crippen molar-refractivity contribution in [3.05, 3.63) is 42.1 Å². The molecule has 1 heterocycles. The molecule has 2 rings (SSSR count). The molecule has 0 radical (unpaired) electrons. The Balaban J connectivity index is 2.45. The highest BCUT2D eigenvalue weighted by Crippen LogP contribution is 2.43. The highest BCUT2D eigenvalue weighted by atomic mass is 15.2. The van der Waals surface area contributed by atoms with Crippen LogP contribution in [0.2, 0.25) is 0 Å². The van der Waals surface area contributed by atoms with Gasteiger partial charge in [0.2, 0.25) is 0 Å². The summed E-state index contributed by atoms with van der Waals surface area (Å²) in [7, 11) is 0. The molecule has 0 saturated heterocycles. The van der Waals surface area contributed by atoms with Gasteiger partial charge in [0.05, 0.1) is 0 Å². The quantitative estimate of drug-likeness (QED) is 0.823. The van der Waals surface area contributed by atoms with Crippen molar-refractivity contribution in [2.75, 3.05) is 4.90 Å². The number of allylic oxidation sites excluding steroid dienone is 1. The summed E-state index contributed by atoms with van der Waals surface area (Å²) in [6.07, 6.45) is 0. The first-order chi connectivity index (χ1) is 7.54. The molecule has 0 aliphatic carbocycles. The molecule has 1 aromatic carbocycles. The summed E-state index contributed by atoms with van der Waals surface area (Å²) in [6.45, 7) is 10.6. The maximum Gasteiger partial charge on any atom is 0.0459 e. The lowest BCUT2D eigenvalue weighted by atomic mass is 10.0. The van der Waals surface area contributed by atoms with Gasteiger partial charge >= 0.3 is 0 Å². The van der Waals surface area contributed by atoms with Gasteiger partial charge in [-0.05, 0) is 25.5 Å². The first kappa shape index (κ1) is 11.2. The Kier molecular flexibility index (Phi) is 2.76. The van der Waals surface area contributed by atoms with Crippen LogP contribution < -0.4 is 10.6 Å². The lowest BCUT2D eigenvalue weighted by Gasteiger charge is -2.31. The van der Waals surface area contributed by atoms with Crippen molar-refractivity contribution in [1.29, 1.82) is 0 Å². The third kappa shape index (κ3) is 1.54. The molecule has 3 atom stereocenters. The van der Waals surface area contributed by atoms with E-state index in [2.05, 4.69) is 49.6 Å². The lowest BCUT2D eigenvalue weighted by Crippen LogP contribution is -2.42. The lowest BCUT2D eigenvalue weighted by molar-refractivity contribution is 0.574. The summed E-state index contributed by atoms with van der Waals surface area (Å²) in [6, 6.07) is 8.92. The van der Waals surface area contributed by atoms with Gasteiger partial charge in [-0.2, -0.15) is 0 Å². The van der Waals surface area contributed by atoms with Gasteiger partial charge in [-0.1, -0.05) is 31.7 Å². The topological polar surface area (TPSA) is 29.3 Å². The van der Waals surface area contributed by atoms with E-state index < -0.39 is 0 Å². The van der Waals surface area contributed by atoms with Crippen LogP contribution in [0.3, 0.4) is 0 Å². The number of hydrogen-bond donors (Lipinski definition) is 1. The molecule has 1 aromatic rings. The molecule has 16 heavy (non-hydrogen) atoms. The Morgan fingerprint density at radius 2 is 1.94 bits per heavy atom. The second-order valence-corrected chi connectivity index (χ2v) is 4.74. The van der Waals surface area contributed by atoms with E-state index >= 15 is 0 Å². The second kappa shape index (κ2) is 3.95. The van der Waals surface area contributed by atoms with Crippen molar-refractivity contribution in [2.45, 2.75) is 38.8 Å². The van der Waals surface area contributed by atoms with Gasteiger partial charge in [0.25, 0.3) is 0 Å². The van der Waals surface area contributed by atoms with Crippen LogP contribution in [0.1, 0.15) is 32.3 Å². The number of fused-ring (bicyclic) bond motifs is 1. The fraction of sp³-hybridized carbons (Fsp3) is 0.429. The van der Waals surface area contributed by atoms with Crippen LogP contribution in [0.4, 0.5) is 5.69 Å². The highest BCUT2D eigenvalue weighted by molar-refractivity contribution is 5.67. The number of nitrogens with zero attached hydrogens (tertiary/aromatic N) is 1. The van der Waals surface area contributed by atoms with E-state index in [9.17, 15) is 0 Å². The Hall–Kier alpha value is -1.28. The summed E-state index contributed by atoms with van der Waals surface area (Å²) in [5.41, 5.74) is 9.79. The predicted molar refractivity (Wildman–Crippen MR) is 69.6 cm³/mol. The monoisotopic (exact) mass is 216 g/mol. The normalized spacial score (nSPS) is 23.1. The van der Waals surface area contributed by atoms with E-state index in [-0.39, 0.29) is 6.04 Å². The van der Waals surface area contributed by atoms with E-state index in [1.54, 1.807) is 0 Å². The number of para-hydroxylation sites is 1. The molecule has 1 aliphatic heterocycles. The van der Waals surface area contributed by atoms with Crippen molar-refractivity contribution in [3.8, 4) is 0 Å². The Morgan fingerprint density at radius 1 is 1.31 bits per heavy atom. The van der Waals surface area contributed by atoms with Gasteiger partial charge < -0.3 is 10.6 Å². The van der Waals surface area contributed by atoms with Gasteiger partial charge in [-0.15, -0.1) is 0 Å². The maximum atomic E-state index is 6.00. The van der Waals surface area contributed by atoms with Crippen molar-refractivity contribution in [3.63, 3.8) is 0 Å². The zero-order chi connectivity index (χ0) is 11.9. The van der Waals surface area contributed by atoms with Gasteiger partial charge in [-0.3, -0.25) is 0 Å². The SMILES string of the molecule is C=C1C(C)c2ccccc2N1C(C)C(C)N. The largest absolute Gasteiger partial charge is 0.341 e. The number of hydrogen-bond acceptors (Lipinski definition) is 2. The van der Waals surface area contributed by atoms with Crippen LogP contribution in [0.25, 0.3) is 0 Å². The Labute approximate surface area is 97.8 Å². The molecular weight excluding hydrogens is 196 g/mol. The van der Waals surface area contributed by atoms with E-state index in [4.69, 9.17) is 5.73 Å². The third-order valence-electron chi connectivity index (χ3n) is 3.64. The average molecular weight is 216 g/mol. The van der Waals surface area contributed by atoms with Gasteiger partial charge in [0.15, 0.2) is 0 Å².